The molecule has 0 spiro atoms. The van der Waals surface area contributed by atoms with Gasteiger partial charge in [0.2, 0.25) is 0 Å². The molecule has 3 nitrogen and oxygen atoms in total. The smallest absolute Gasteiger partial charge is 0.261 e. The third-order valence-electron chi connectivity index (χ3n) is 2.47. The molecule has 0 aromatic carbocycles. The van der Waals surface area contributed by atoms with Crippen molar-refractivity contribution in [2.75, 3.05) is 0 Å². The normalized spacial score (nSPS) is 22.6. The van der Waals surface area contributed by atoms with Gasteiger partial charge < -0.3 is 0 Å². The highest BCUT2D eigenvalue weighted by molar-refractivity contribution is 7.95. The second-order valence-electron chi connectivity index (χ2n) is 3.91. The van der Waals surface area contributed by atoms with Gasteiger partial charge >= 0.3 is 12.1 Å². The number of halogens is 3. The molecule has 0 aromatic rings. The Bertz CT molecular complexity index is 383. The summed E-state index contributed by atoms with van der Waals surface area (Å²) in [5.41, 5.74) is 0. The van der Waals surface area contributed by atoms with E-state index in [1.54, 1.807) is 0 Å². The summed E-state index contributed by atoms with van der Waals surface area (Å²) in [6.07, 6.45) is -2.48. The van der Waals surface area contributed by atoms with Crippen LogP contribution in [-0.2, 0) is 14.5 Å². The van der Waals surface area contributed by atoms with Gasteiger partial charge in [0.15, 0.2) is 0 Å². The summed E-state index contributed by atoms with van der Waals surface area (Å²) in [4.78, 5) is 10.7. The molecule has 2 fully saturated rings. The highest BCUT2D eigenvalue weighted by Crippen LogP contribution is 2.42. The Morgan fingerprint density at radius 1 is 1.13 bits per heavy atom. The molecule has 0 aliphatic heterocycles. The Morgan fingerprint density at radius 2 is 1.53 bits per heavy atom. The standard InChI is InChI=1S/C8H10F3NO2S/c9-8(10,11)7(13)12-15(14,5-1-2-5)6-3-4-6/h5-6H,1-4H2. The number of hydrogen-bond donors (Lipinski definition) is 0. The molecule has 0 N–H and O–H groups in total. The lowest BCUT2D eigenvalue weighted by molar-refractivity contribution is -0.169. The van der Waals surface area contributed by atoms with Crippen LogP contribution in [0.25, 0.3) is 0 Å². The number of alkyl halides is 3. The van der Waals surface area contributed by atoms with Crippen molar-refractivity contribution in [3.8, 4) is 0 Å². The molecule has 15 heavy (non-hydrogen) atoms. The van der Waals surface area contributed by atoms with E-state index in [9.17, 15) is 22.2 Å². The van der Waals surface area contributed by atoms with Gasteiger partial charge in [0.1, 0.15) is 0 Å². The maximum absolute atomic E-state index is 12.1. The van der Waals surface area contributed by atoms with Crippen molar-refractivity contribution in [2.45, 2.75) is 42.4 Å². The van der Waals surface area contributed by atoms with Crippen molar-refractivity contribution in [2.24, 2.45) is 4.36 Å². The van der Waals surface area contributed by atoms with E-state index in [0.29, 0.717) is 25.7 Å². The van der Waals surface area contributed by atoms with Crippen LogP contribution in [0.1, 0.15) is 25.7 Å². The molecule has 0 aromatic heterocycles. The summed E-state index contributed by atoms with van der Waals surface area (Å²) < 4.78 is 51.0. The quantitative estimate of drug-likeness (QED) is 0.740. The van der Waals surface area contributed by atoms with Crippen LogP contribution in [-0.4, -0.2) is 26.8 Å². The SMILES string of the molecule is O=C(N=S(=O)(C1CC1)C1CC1)C(F)(F)F. The van der Waals surface area contributed by atoms with Crippen LogP contribution < -0.4 is 0 Å². The van der Waals surface area contributed by atoms with Crippen molar-refractivity contribution in [1.82, 2.24) is 0 Å². The Morgan fingerprint density at radius 3 is 1.80 bits per heavy atom. The van der Waals surface area contributed by atoms with E-state index in [-0.39, 0.29) is 10.5 Å². The molecule has 0 atom stereocenters. The fourth-order valence-corrected chi connectivity index (χ4v) is 4.24. The molecule has 0 heterocycles. The summed E-state index contributed by atoms with van der Waals surface area (Å²) in [5, 5.41) is -0.562. The van der Waals surface area contributed by atoms with Crippen LogP contribution in [0.15, 0.2) is 4.36 Å². The lowest BCUT2D eigenvalue weighted by Gasteiger charge is -2.07. The van der Waals surface area contributed by atoms with E-state index in [0.717, 1.165) is 0 Å². The summed E-state index contributed by atoms with van der Waals surface area (Å²) in [6, 6.07) is 0. The number of carbonyl (C=O) groups excluding carboxylic acids is 1. The lowest BCUT2D eigenvalue weighted by Crippen LogP contribution is -2.24. The molecule has 0 saturated heterocycles. The molecule has 86 valence electrons. The first-order chi connectivity index (χ1) is 6.84. The van der Waals surface area contributed by atoms with Gasteiger partial charge in [0, 0.05) is 10.5 Å². The number of rotatable bonds is 2. The first-order valence-corrected chi connectivity index (χ1v) is 6.34. The number of amides is 1. The summed E-state index contributed by atoms with van der Waals surface area (Å²) in [5.74, 6) is -2.19. The van der Waals surface area contributed by atoms with E-state index in [1.807, 2.05) is 0 Å². The molecule has 7 heteroatoms. The molecular formula is C8H10F3NO2S. The third-order valence-corrected chi connectivity index (χ3v) is 5.78. The van der Waals surface area contributed by atoms with Gasteiger partial charge in [0.25, 0.3) is 0 Å². The van der Waals surface area contributed by atoms with Crippen molar-refractivity contribution >= 4 is 15.6 Å². The Balaban J connectivity index is 2.29. The average molecular weight is 241 g/mol. The Kier molecular flexibility index (Phi) is 2.33. The topological polar surface area (TPSA) is 46.5 Å². The fraction of sp³-hybridized carbons (Fsp3) is 0.875. The van der Waals surface area contributed by atoms with Crippen molar-refractivity contribution in [3.63, 3.8) is 0 Å². The van der Waals surface area contributed by atoms with Crippen LogP contribution in [0.2, 0.25) is 0 Å². The zero-order chi connectivity index (χ0) is 11.3. The van der Waals surface area contributed by atoms with E-state index in [4.69, 9.17) is 0 Å². The van der Waals surface area contributed by atoms with Gasteiger partial charge in [0.05, 0.1) is 9.73 Å². The van der Waals surface area contributed by atoms with Gasteiger partial charge in [-0.3, -0.25) is 4.79 Å². The summed E-state index contributed by atoms with van der Waals surface area (Å²) in [7, 11) is -2.93. The molecule has 0 radical (unpaired) electrons. The first-order valence-electron chi connectivity index (χ1n) is 4.70. The Hall–Kier alpha value is -0.590. The molecule has 0 bridgehead atoms. The van der Waals surface area contributed by atoms with E-state index in [1.165, 1.54) is 0 Å². The molecule has 1 amide bonds. The molecular weight excluding hydrogens is 231 g/mol. The Labute approximate surface area is 85.2 Å². The lowest BCUT2D eigenvalue weighted by atomic mass is 10.6. The zero-order valence-corrected chi connectivity index (χ0v) is 8.61. The molecule has 2 aliphatic rings. The second kappa shape index (κ2) is 3.20. The van der Waals surface area contributed by atoms with Gasteiger partial charge in [-0.25, -0.2) is 4.21 Å². The maximum Gasteiger partial charge on any atom is 0.474 e. The average Bonchev–Trinajstić information content (AvgIpc) is 2.95. The van der Waals surface area contributed by atoms with Crippen LogP contribution in [0.5, 0.6) is 0 Å². The van der Waals surface area contributed by atoms with Gasteiger partial charge in [-0.15, -0.1) is 0 Å². The maximum atomic E-state index is 12.1. The molecule has 2 saturated carbocycles. The second-order valence-corrected chi connectivity index (χ2v) is 6.65. The van der Waals surface area contributed by atoms with Crippen LogP contribution in [0, 0.1) is 0 Å². The van der Waals surface area contributed by atoms with Crippen LogP contribution in [0.4, 0.5) is 13.2 Å². The first kappa shape index (κ1) is 10.9. The van der Waals surface area contributed by atoms with Gasteiger partial charge in [-0.05, 0) is 25.7 Å². The van der Waals surface area contributed by atoms with Crippen molar-refractivity contribution < 1.29 is 22.2 Å². The van der Waals surface area contributed by atoms with Crippen molar-refractivity contribution in [1.29, 1.82) is 0 Å². The minimum atomic E-state index is -4.99. The van der Waals surface area contributed by atoms with E-state index < -0.39 is 21.8 Å². The van der Waals surface area contributed by atoms with Crippen LogP contribution in [0.3, 0.4) is 0 Å². The summed E-state index contributed by atoms with van der Waals surface area (Å²) in [6.45, 7) is 0. The van der Waals surface area contributed by atoms with Gasteiger partial charge in [-0.1, -0.05) is 0 Å². The highest BCUT2D eigenvalue weighted by atomic mass is 32.2. The minimum Gasteiger partial charge on any atom is -0.261 e. The highest BCUT2D eigenvalue weighted by Gasteiger charge is 2.48. The molecule has 0 unspecified atom stereocenters. The minimum absolute atomic E-state index is 0.281. The fourth-order valence-electron chi connectivity index (χ4n) is 1.41. The molecule has 2 rings (SSSR count). The number of hydrogen-bond acceptors (Lipinski definition) is 2. The van der Waals surface area contributed by atoms with E-state index >= 15 is 0 Å². The van der Waals surface area contributed by atoms with Crippen LogP contribution >= 0.6 is 0 Å². The number of carbonyl (C=O) groups is 1. The van der Waals surface area contributed by atoms with Crippen molar-refractivity contribution in [3.05, 3.63) is 0 Å². The molecule has 2 aliphatic carbocycles. The summed E-state index contributed by atoms with van der Waals surface area (Å²) >= 11 is 0. The third kappa shape index (κ3) is 2.16. The largest absolute Gasteiger partial charge is 0.474 e. The zero-order valence-electron chi connectivity index (χ0n) is 7.79. The monoisotopic (exact) mass is 241 g/mol. The van der Waals surface area contributed by atoms with Gasteiger partial charge in [-0.2, -0.15) is 17.5 Å². The number of nitrogens with zero attached hydrogens (tertiary/aromatic N) is 1. The predicted octanol–water partition coefficient (Wildman–Crippen LogP) is 1.87. The predicted molar refractivity (Wildman–Crippen MR) is 47.7 cm³/mol. The van der Waals surface area contributed by atoms with E-state index in [2.05, 4.69) is 4.36 Å².